The van der Waals surface area contributed by atoms with Gasteiger partial charge in [-0.2, -0.15) is 0 Å². The summed E-state index contributed by atoms with van der Waals surface area (Å²) in [5.41, 5.74) is 1.02. The average molecular weight is 550 g/mol. The molecule has 216 valence electrons. The normalized spacial score (nSPS) is 27.7. The van der Waals surface area contributed by atoms with E-state index in [0.29, 0.717) is 19.7 Å². The number of urea groups is 1. The molecule has 2 atom stereocenters. The summed E-state index contributed by atoms with van der Waals surface area (Å²) in [7, 11) is 0. The van der Waals surface area contributed by atoms with E-state index in [9.17, 15) is 9.59 Å². The quantitative estimate of drug-likeness (QED) is 0.458. The number of carbonyl (C=O) groups is 2. The van der Waals surface area contributed by atoms with Crippen LogP contribution in [-0.2, 0) is 4.74 Å². The molecule has 2 aromatic rings. The molecule has 5 fully saturated rings. The van der Waals surface area contributed by atoms with Crippen LogP contribution >= 0.6 is 0 Å². The number of amides is 3. The highest BCUT2D eigenvalue weighted by Crippen LogP contribution is 2.59. The Morgan fingerprint density at radius 3 is 2.50 bits per heavy atom. The van der Waals surface area contributed by atoms with Gasteiger partial charge in [-0.15, -0.1) is 0 Å². The van der Waals surface area contributed by atoms with Crippen molar-refractivity contribution in [2.45, 2.75) is 70.4 Å². The molecular weight excluding hydrogens is 506 g/mol. The van der Waals surface area contributed by atoms with Crippen molar-refractivity contribution in [1.29, 1.82) is 0 Å². The molecule has 4 aliphatic carbocycles. The molecule has 4 bridgehead atoms. The van der Waals surface area contributed by atoms with Gasteiger partial charge in [-0.05, 0) is 101 Å². The molecule has 1 saturated heterocycles. The summed E-state index contributed by atoms with van der Waals surface area (Å²) in [5, 5.41) is 7.36. The van der Waals surface area contributed by atoms with Gasteiger partial charge in [0.2, 0.25) is 0 Å². The van der Waals surface area contributed by atoms with Gasteiger partial charge in [0.25, 0.3) is 0 Å². The monoisotopic (exact) mass is 549 g/mol. The third-order valence-corrected chi connectivity index (χ3v) is 9.18. The van der Waals surface area contributed by atoms with Gasteiger partial charge < -0.3 is 25.0 Å². The minimum Gasteiger partial charge on any atom is -0.491 e. The standard InChI is InChI=1S/C31H43N5O4/c1-30(2,3)40-29(38)36-13-11-35(12-14-36)10-5-15-39-26-8-7-25(24-6-4-9-32-27(24)26)33-28(37)34-31-18-21-16-22(19-31)23(17-21)20-31/h4,6-9,21-23H,5,10-20H2,1-3H3,(H2,33,34,37). The first-order valence-electron chi connectivity index (χ1n) is 15.0. The first-order chi connectivity index (χ1) is 19.2. The van der Waals surface area contributed by atoms with Crippen LogP contribution < -0.4 is 15.4 Å². The van der Waals surface area contributed by atoms with Crippen LogP contribution in [0.15, 0.2) is 30.5 Å². The Bertz CT molecular complexity index is 1230. The third-order valence-electron chi connectivity index (χ3n) is 9.18. The molecule has 9 heteroatoms. The predicted octanol–water partition coefficient (Wildman–Crippen LogP) is 5.26. The van der Waals surface area contributed by atoms with E-state index in [2.05, 4.69) is 20.5 Å². The van der Waals surface area contributed by atoms with Crippen molar-refractivity contribution in [3.63, 3.8) is 0 Å². The first kappa shape index (κ1) is 27.1. The number of nitrogens with one attached hydrogen (secondary N) is 2. The molecule has 5 aliphatic rings. The lowest BCUT2D eigenvalue weighted by atomic mass is 9.76. The number of anilines is 1. The van der Waals surface area contributed by atoms with Crippen LogP contribution in [0, 0.1) is 17.8 Å². The second kappa shape index (κ2) is 10.7. The molecule has 3 amide bonds. The maximum atomic E-state index is 13.1. The van der Waals surface area contributed by atoms with Gasteiger partial charge in [-0.1, -0.05) is 0 Å². The molecule has 0 radical (unpaired) electrons. The summed E-state index contributed by atoms with van der Waals surface area (Å²) in [4.78, 5) is 34.1. The minimum absolute atomic E-state index is 0.0138. The van der Waals surface area contributed by atoms with Gasteiger partial charge in [-0.25, -0.2) is 9.59 Å². The molecule has 7 rings (SSSR count). The molecule has 9 nitrogen and oxygen atoms in total. The molecule has 2 unspecified atom stereocenters. The minimum atomic E-state index is -0.472. The number of hydrogen-bond acceptors (Lipinski definition) is 6. The molecule has 40 heavy (non-hydrogen) atoms. The van der Waals surface area contributed by atoms with E-state index in [1.807, 2.05) is 45.0 Å². The smallest absolute Gasteiger partial charge is 0.410 e. The van der Waals surface area contributed by atoms with Crippen molar-refractivity contribution in [2.75, 3.05) is 44.6 Å². The zero-order valence-electron chi connectivity index (χ0n) is 24.1. The first-order valence-corrected chi connectivity index (χ1v) is 15.0. The van der Waals surface area contributed by atoms with Crippen LogP contribution in [0.2, 0.25) is 0 Å². The molecule has 1 aromatic heterocycles. The maximum Gasteiger partial charge on any atom is 0.410 e. The van der Waals surface area contributed by atoms with Crippen molar-refractivity contribution in [3.8, 4) is 5.75 Å². The molecule has 1 aliphatic heterocycles. The summed E-state index contributed by atoms with van der Waals surface area (Å²) in [6.45, 7) is 10.2. The molecule has 4 saturated carbocycles. The van der Waals surface area contributed by atoms with Crippen LogP contribution in [0.5, 0.6) is 5.75 Å². The van der Waals surface area contributed by atoms with Gasteiger partial charge in [0, 0.05) is 49.8 Å². The summed E-state index contributed by atoms with van der Waals surface area (Å²) in [6.07, 6.45) is 8.51. The number of piperazine rings is 1. The lowest BCUT2D eigenvalue weighted by Gasteiger charge is -2.39. The fraction of sp³-hybridized carbons (Fsp3) is 0.645. The van der Waals surface area contributed by atoms with Gasteiger partial charge in [0.05, 0.1) is 12.3 Å². The van der Waals surface area contributed by atoms with Crippen LogP contribution in [0.4, 0.5) is 15.3 Å². The third kappa shape index (κ3) is 5.85. The lowest BCUT2D eigenvalue weighted by molar-refractivity contribution is 0.0142. The van der Waals surface area contributed by atoms with E-state index in [0.717, 1.165) is 85.4 Å². The second-order valence-electron chi connectivity index (χ2n) is 13.4. The Morgan fingerprint density at radius 1 is 1.05 bits per heavy atom. The Morgan fingerprint density at radius 2 is 1.80 bits per heavy atom. The van der Waals surface area contributed by atoms with Gasteiger partial charge in [0.1, 0.15) is 16.9 Å². The van der Waals surface area contributed by atoms with Crippen LogP contribution in [0.1, 0.15) is 59.3 Å². The van der Waals surface area contributed by atoms with E-state index < -0.39 is 5.60 Å². The van der Waals surface area contributed by atoms with Gasteiger partial charge in [0.15, 0.2) is 0 Å². The van der Waals surface area contributed by atoms with Gasteiger partial charge >= 0.3 is 12.1 Å². The highest BCUT2D eigenvalue weighted by atomic mass is 16.6. The van der Waals surface area contributed by atoms with Gasteiger partial charge in [-0.3, -0.25) is 9.88 Å². The number of benzene rings is 1. The van der Waals surface area contributed by atoms with Crippen molar-refractivity contribution in [3.05, 3.63) is 30.5 Å². The van der Waals surface area contributed by atoms with E-state index in [-0.39, 0.29) is 17.7 Å². The summed E-state index contributed by atoms with van der Waals surface area (Å²) >= 11 is 0. The van der Waals surface area contributed by atoms with E-state index in [1.54, 1.807) is 11.1 Å². The number of carbonyl (C=O) groups excluding carboxylic acids is 2. The van der Waals surface area contributed by atoms with Crippen molar-refractivity contribution in [2.24, 2.45) is 17.8 Å². The average Bonchev–Trinajstić information content (AvgIpc) is 3.32. The SMILES string of the molecule is CC(C)(C)OC(=O)N1CCN(CCCOc2ccc(NC(=O)NC34CC5CC(C3)C(C5)C4)c3cccnc23)CC1. The maximum absolute atomic E-state index is 13.1. The van der Waals surface area contributed by atoms with Crippen molar-refractivity contribution < 1.29 is 19.1 Å². The summed E-state index contributed by atoms with van der Waals surface area (Å²) in [5.74, 6) is 3.13. The van der Waals surface area contributed by atoms with Crippen LogP contribution in [0.3, 0.4) is 0 Å². The molecular formula is C31H43N5O4. The number of pyridine rings is 1. The zero-order valence-corrected chi connectivity index (χ0v) is 24.1. The Balaban J connectivity index is 0.991. The lowest BCUT2D eigenvalue weighted by Crippen LogP contribution is -2.51. The Labute approximate surface area is 237 Å². The zero-order chi connectivity index (χ0) is 27.9. The fourth-order valence-electron chi connectivity index (χ4n) is 7.68. The molecule has 1 aromatic carbocycles. The van der Waals surface area contributed by atoms with E-state index in [1.165, 1.54) is 12.8 Å². The highest BCUT2D eigenvalue weighted by molar-refractivity contribution is 6.02. The highest BCUT2D eigenvalue weighted by Gasteiger charge is 2.56. The van der Waals surface area contributed by atoms with Crippen LogP contribution in [-0.4, -0.2) is 77.4 Å². The largest absolute Gasteiger partial charge is 0.491 e. The van der Waals surface area contributed by atoms with E-state index >= 15 is 0 Å². The topological polar surface area (TPSA) is 96.0 Å². The number of rotatable bonds is 7. The Hall–Kier alpha value is -3.07. The van der Waals surface area contributed by atoms with Crippen molar-refractivity contribution in [1.82, 2.24) is 20.1 Å². The summed E-state index contributed by atoms with van der Waals surface area (Å²) in [6, 6.07) is 7.58. The molecule has 0 spiro atoms. The fourth-order valence-corrected chi connectivity index (χ4v) is 7.68. The second-order valence-corrected chi connectivity index (χ2v) is 13.4. The molecule has 2 heterocycles. The molecule has 2 N–H and O–H groups in total. The Kier molecular flexibility index (Phi) is 7.27. The number of fused-ring (bicyclic) bond motifs is 1. The van der Waals surface area contributed by atoms with E-state index in [4.69, 9.17) is 9.47 Å². The van der Waals surface area contributed by atoms with Crippen molar-refractivity contribution >= 4 is 28.7 Å². The number of ether oxygens (including phenoxy) is 2. The van der Waals surface area contributed by atoms with Crippen LogP contribution in [0.25, 0.3) is 10.9 Å². The predicted molar refractivity (Wildman–Crippen MR) is 155 cm³/mol. The number of aromatic nitrogens is 1. The number of hydrogen-bond donors (Lipinski definition) is 2. The summed E-state index contributed by atoms with van der Waals surface area (Å²) < 4.78 is 11.7. The number of nitrogens with zero attached hydrogens (tertiary/aromatic N) is 3.